The normalized spacial score (nSPS) is 11.3. The highest BCUT2D eigenvalue weighted by Crippen LogP contribution is 2.28. The van der Waals surface area contributed by atoms with E-state index in [0.29, 0.717) is 16.9 Å². The lowest BCUT2D eigenvalue weighted by molar-refractivity contribution is 0.102. The third-order valence-corrected chi connectivity index (χ3v) is 7.41. The molecule has 1 amide bonds. The SMILES string of the molecule is Cc1ccnc(NS(=O)(=O)c2ccc(NC(=O)c3cc(-c4cccs4)nc4ccccc34)cc2)n1. The van der Waals surface area contributed by atoms with Crippen LogP contribution >= 0.6 is 11.3 Å². The van der Waals surface area contributed by atoms with E-state index in [2.05, 4.69) is 20.0 Å². The molecule has 5 rings (SSSR count). The zero-order chi connectivity index (χ0) is 24.4. The van der Waals surface area contributed by atoms with E-state index < -0.39 is 10.0 Å². The molecule has 0 aliphatic carbocycles. The minimum Gasteiger partial charge on any atom is -0.322 e. The van der Waals surface area contributed by atoms with Gasteiger partial charge in [0.2, 0.25) is 5.95 Å². The van der Waals surface area contributed by atoms with Crippen molar-refractivity contribution in [3.8, 4) is 10.6 Å². The number of rotatable bonds is 6. The van der Waals surface area contributed by atoms with Crippen LogP contribution in [0.2, 0.25) is 0 Å². The van der Waals surface area contributed by atoms with Crippen molar-refractivity contribution in [2.75, 3.05) is 10.0 Å². The summed E-state index contributed by atoms with van der Waals surface area (Å²) in [5.41, 5.74) is 3.01. The zero-order valence-electron chi connectivity index (χ0n) is 18.5. The van der Waals surface area contributed by atoms with Crippen LogP contribution < -0.4 is 10.0 Å². The third-order valence-electron chi connectivity index (χ3n) is 5.18. The van der Waals surface area contributed by atoms with E-state index >= 15 is 0 Å². The number of thiophene rings is 1. The van der Waals surface area contributed by atoms with E-state index in [1.807, 2.05) is 41.8 Å². The van der Waals surface area contributed by atoms with Crippen LogP contribution in [0, 0.1) is 6.92 Å². The number of aryl methyl sites for hydroxylation is 1. The van der Waals surface area contributed by atoms with Crippen LogP contribution in [0.25, 0.3) is 21.5 Å². The molecule has 0 saturated heterocycles. The summed E-state index contributed by atoms with van der Waals surface area (Å²) in [5.74, 6) is -0.322. The van der Waals surface area contributed by atoms with Gasteiger partial charge in [-0.05, 0) is 60.8 Å². The van der Waals surface area contributed by atoms with Gasteiger partial charge in [0, 0.05) is 23.0 Å². The van der Waals surface area contributed by atoms with E-state index in [1.54, 1.807) is 30.4 Å². The van der Waals surface area contributed by atoms with Crippen LogP contribution in [-0.4, -0.2) is 29.3 Å². The molecule has 2 aromatic carbocycles. The molecule has 3 aromatic heterocycles. The lowest BCUT2D eigenvalue weighted by Gasteiger charge is -2.11. The summed E-state index contributed by atoms with van der Waals surface area (Å²) in [6.07, 6.45) is 1.48. The second-order valence-electron chi connectivity index (χ2n) is 7.66. The van der Waals surface area contributed by atoms with Gasteiger partial charge < -0.3 is 5.32 Å². The number of benzene rings is 2. The number of nitrogens with zero attached hydrogens (tertiary/aromatic N) is 3. The van der Waals surface area contributed by atoms with Crippen molar-refractivity contribution in [3.05, 3.63) is 95.6 Å². The number of carbonyl (C=O) groups excluding carboxylic acids is 1. The number of pyridine rings is 1. The van der Waals surface area contributed by atoms with Gasteiger partial charge in [-0.2, -0.15) is 0 Å². The Balaban J connectivity index is 1.40. The van der Waals surface area contributed by atoms with Crippen LogP contribution in [0.1, 0.15) is 16.1 Å². The molecule has 0 aliphatic heterocycles. The molecule has 0 unspecified atom stereocenters. The van der Waals surface area contributed by atoms with E-state index in [4.69, 9.17) is 4.98 Å². The molecular formula is C25H19N5O3S2. The Morgan fingerprint density at radius 1 is 0.943 bits per heavy atom. The van der Waals surface area contributed by atoms with Crippen molar-refractivity contribution in [2.24, 2.45) is 0 Å². The van der Waals surface area contributed by atoms with E-state index in [1.165, 1.54) is 30.5 Å². The monoisotopic (exact) mass is 501 g/mol. The lowest BCUT2D eigenvalue weighted by atomic mass is 10.1. The van der Waals surface area contributed by atoms with Crippen LogP contribution in [0.3, 0.4) is 0 Å². The summed E-state index contributed by atoms with van der Waals surface area (Å²) >= 11 is 1.55. The summed E-state index contributed by atoms with van der Waals surface area (Å²) in [6.45, 7) is 1.74. The maximum Gasteiger partial charge on any atom is 0.264 e. The first-order valence-electron chi connectivity index (χ1n) is 10.6. The minimum atomic E-state index is -3.88. The summed E-state index contributed by atoms with van der Waals surface area (Å²) in [7, 11) is -3.88. The highest BCUT2D eigenvalue weighted by Gasteiger charge is 2.17. The third kappa shape index (κ3) is 4.88. The highest BCUT2D eigenvalue weighted by molar-refractivity contribution is 7.92. The zero-order valence-corrected chi connectivity index (χ0v) is 20.1. The van der Waals surface area contributed by atoms with Crippen molar-refractivity contribution in [3.63, 3.8) is 0 Å². The molecule has 0 saturated carbocycles. The summed E-state index contributed by atoms with van der Waals surface area (Å²) in [6, 6.07) is 20.7. The molecule has 0 fully saturated rings. The number of aromatic nitrogens is 3. The van der Waals surface area contributed by atoms with Crippen molar-refractivity contribution >= 4 is 49.8 Å². The van der Waals surface area contributed by atoms with Gasteiger partial charge in [-0.1, -0.05) is 24.3 Å². The van der Waals surface area contributed by atoms with Gasteiger partial charge in [-0.3, -0.25) is 4.79 Å². The molecule has 0 radical (unpaired) electrons. The molecule has 35 heavy (non-hydrogen) atoms. The lowest BCUT2D eigenvalue weighted by Crippen LogP contribution is -2.16. The average Bonchev–Trinajstić information content (AvgIpc) is 3.38. The standard InChI is InChI=1S/C25H19N5O3S2/c1-16-12-13-26-25(27-16)30-35(32,33)18-10-8-17(9-11-18)28-24(31)20-15-22(23-7-4-14-34-23)29-21-6-3-2-5-19(20)21/h2-15H,1H3,(H,28,31)(H,26,27,30). The molecular weight excluding hydrogens is 482 g/mol. The Kier molecular flexibility index (Phi) is 5.98. The number of para-hydroxylation sites is 1. The first-order chi connectivity index (χ1) is 16.9. The van der Waals surface area contributed by atoms with Gasteiger partial charge in [0.05, 0.1) is 26.5 Å². The fraction of sp³-hybridized carbons (Fsp3) is 0.0400. The Morgan fingerprint density at radius 2 is 1.74 bits per heavy atom. The second-order valence-corrected chi connectivity index (χ2v) is 10.3. The quantitative estimate of drug-likeness (QED) is 0.334. The van der Waals surface area contributed by atoms with Crippen LogP contribution in [-0.2, 0) is 10.0 Å². The summed E-state index contributed by atoms with van der Waals surface area (Å²) in [5, 5.41) is 5.54. The van der Waals surface area contributed by atoms with Crippen molar-refractivity contribution in [1.82, 2.24) is 15.0 Å². The first-order valence-corrected chi connectivity index (χ1v) is 12.9. The summed E-state index contributed by atoms with van der Waals surface area (Å²) < 4.78 is 27.7. The molecule has 2 N–H and O–H groups in total. The van der Waals surface area contributed by atoms with Gasteiger partial charge in [0.25, 0.3) is 15.9 Å². The molecule has 8 nitrogen and oxygen atoms in total. The second kappa shape index (κ2) is 9.24. The van der Waals surface area contributed by atoms with Gasteiger partial charge in [-0.25, -0.2) is 28.1 Å². The number of hydrogen-bond donors (Lipinski definition) is 2. The maximum atomic E-state index is 13.2. The molecule has 5 aromatic rings. The van der Waals surface area contributed by atoms with Crippen LogP contribution in [0.15, 0.2) is 89.3 Å². The number of nitrogens with one attached hydrogen (secondary N) is 2. The van der Waals surface area contributed by atoms with Gasteiger partial charge in [0.15, 0.2) is 0 Å². The van der Waals surface area contributed by atoms with Gasteiger partial charge in [-0.15, -0.1) is 11.3 Å². The van der Waals surface area contributed by atoms with Gasteiger partial charge in [0.1, 0.15) is 0 Å². The molecule has 10 heteroatoms. The number of anilines is 2. The van der Waals surface area contributed by atoms with E-state index in [9.17, 15) is 13.2 Å². The molecule has 0 atom stereocenters. The smallest absolute Gasteiger partial charge is 0.264 e. The number of sulfonamides is 1. The fourth-order valence-electron chi connectivity index (χ4n) is 3.51. The summed E-state index contributed by atoms with van der Waals surface area (Å²) in [4.78, 5) is 26.9. The fourth-order valence-corrected chi connectivity index (χ4v) is 5.14. The van der Waals surface area contributed by atoms with Gasteiger partial charge >= 0.3 is 0 Å². The first kappa shape index (κ1) is 22.6. The van der Waals surface area contributed by atoms with Crippen LogP contribution in [0.5, 0.6) is 0 Å². The Bertz CT molecular complexity index is 1630. The molecule has 174 valence electrons. The predicted octanol–water partition coefficient (Wildman–Crippen LogP) is 5.11. The van der Waals surface area contributed by atoms with Crippen molar-refractivity contribution in [1.29, 1.82) is 0 Å². The van der Waals surface area contributed by atoms with Crippen molar-refractivity contribution < 1.29 is 13.2 Å². The number of fused-ring (bicyclic) bond motifs is 1. The Hall–Kier alpha value is -4.15. The average molecular weight is 502 g/mol. The van der Waals surface area contributed by atoms with Crippen LogP contribution in [0.4, 0.5) is 11.6 Å². The molecule has 0 bridgehead atoms. The maximum absolute atomic E-state index is 13.2. The molecule has 0 aliphatic rings. The van der Waals surface area contributed by atoms with E-state index in [-0.39, 0.29) is 16.8 Å². The predicted molar refractivity (Wildman–Crippen MR) is 137 cm³/mol. The van der Waals surface area contributed by atoms with Crippen molar-refractivity contribution in [2.45, 2.75) is 11.8 Å². The number of amides is 1. The number of hydrogen-bond acceptors (Lipinski definition) is 7. The molecule has 3 heterocycles. The minimum absolute atomic E-state index is 0.00603. The topological polar surface area (TPSA) is 114 Å². The Morgan fingerprint density at radius 3 is 2.49 bits per heavy atom. The molecule has 0 spiro atoms. The number of carbonyl (C=O) groups is 1. The van der Waals surface area contributed by atoms with E-state index in [0.717, 1.165) is 21.5 Å². The Labute approximate surface area is 205 Å². The largest absolute Gasteiger partial charge is 0.322 e. The highest BCUT2D eigenvalue weighted by atomic mass is 32.2.